The van der Waals surface area contributed by atoms with Crippen molar-refractivity contribution in [1.82, 2.24) is 4.31 Å². The van der Waals surface area contributed by atoms with Gasteiger partial charge in [-0.3, -0.25) is 0 Å². The van der Waals surface area contributed by atoms with Crippen molar-refractivity contribution in [3.63, 3.8) is 0 Å². The molecule has 1 saturated heterocycles. The lowest BCUT2D eigenvalue weighted by Crippen LogP contribution is -2.48. The van der Waals surface area contributed by atoms with Crippen molar-refractivity contribution in [2.45, 2.75) is 31.0 Å². The van der Waals surface area contributed by atoms with Crippen LogP contribution in [-0.2, 0) is 14.8 Å². The van der Waals surface area contributed by atoms with Crippen molar-refractivity contribution in [3.05, 3.63) is 59.7 Å². The molecule has 0 unspecified atom stereocenters. The standard InChI is InChI=1S/C19H19F2NO5S/c1-12-10-22(11-13(2)26-12)28(24,25)16-6-3-14(4-7-16)19(23)27-15-5-8-17(20)18(21)9-15/h3-9,12-13H,10-11H2,1-2H3/t12-,13-/m0/s1. The number of sulfonamides is 1. The second-order valence-electron chi connectivity index (χ2n) is 6.57. The smallest absolute Gasteiger partial charge is 0.343 e. The van der Waals surface area contributed by atoms with Gasteiger partial charge in [0.25, 0.3) is 0 Å². The van der Waals surface area contributed by atoms with E-state index < -0.39 is 27.6 Å². The fraction of sp³-hybridized carbons (Fsp3) is 0.316. The normalized spacial score (nSPS) is 20.7. The van der Waals surface area contributed by atoms with Gasteiger partial charge in [-0.05, 0) is 50.2 Å². The number of nitrogens with zero attached hydrogens (tertiary/aromatic N) is 1. The number of carbonyl (C=O) groups excluding carboxylic acids is 1. The lowest BCUT2D eigenvalue weighted by molar-refractivity contribution is -0.0440. The third-order valence-corrected chi connectivity index (χ3v) is 6.06. The zero-order valence-corrected chi connectivity index (χ0v) is 16.1. The van der Waals surface area contributed by atoms with Crippen LogP contribution in [0.4, 0.5) is 8.78 Å². The zero-order chi connectivity index (χ0) is 20.5. The number of carbonyl (C=O) groups is 1. The summed E-state index contributed by atoms with van der Waals surface area (Å²) in [5.74, 6) is -3.16. The van der Waals surface area contributed by atoms with E-state index in [0.717, 1.165) is 18.2 Å². The van der Waals surface area contributed by atoms with Crippen molar-refractivity contribution in [2.75, 3.05) is 13.1 Å². The van der Waals surface area contributed by atoms with Gasteiger partial charge < -0.3 is 9.47 Å². The minimum absolute atomic E-state index is 0.0400. The Labute approximate surface area is 161 Å². The van der Waals surface area contributed by atoms with Gasteiger partial charge in [-0.15, -0.1) is 0 Å². The average Bonchev–Trinajstić information content (AvgIpc) is 2.64. The molecule has 0 N–H and O–H groups in total. The third kappa shape index (κ3) is 4.37. The van der Waals surface area contributed by atoms with Crippen LogP contribution in [0.25, 0.3) is 0 Å². The van der Waals surface area contributed by atoms with Crippen molar-refractivity contribution in [1.29, 1.82) is 0 Å². The third-order valence-electron chi connectivity index (χ3n) is 4.22. The van der Waals surface area contributed by atoms with Crippen LogP contribution in [0.2, 0.25) is 0 Å². The summed E-state index contributed by atoms with van der Waals surface area (Å²) < 4.78 is 63.6. The molecule has 150 valence electrons. The van der Waals surface area contributed by atoms with E-state index >= 15 is 0 Å². The minimum atomic E-state index is -3.73. The molecule has 0 saturated carbocycles. The van der Waals surface area contributed by atoms with E-state index in [-0.39, 0.29) is 41.5 Å². The van der Waals surface area contributed by atoms with Crippen LogP contribution in [0.15, 0.2) is 47.4 Å². The van der Waals surface area contributed by atoms with Gasteiger partial charge in [-0.25, -0.2) is 22.0 Å². The SMILES string of the molecule is C[C@H]1CN(S(=O)(=O)c2ccc(C(=O)Oc3ccc(F)c(F)c3)cc2)C[C@H](C)O1. The maximum atomic E-state index is 13.2. The summed E-state index contributed by atoms with van der Waals surface area (Å²) in [5, 5.41) is 0. The van der Waals surface area contributed by atoms with E-state index in [0.29, 0.717) is 0 Å². The predicted molar refractivity (Wildman–Crippen MR) is 96.5 cm³/mol. The van der Waals surface area contributed by atoms with Crippen molar-refractivity contribution >= 4 is 16.0 Å². The highest BCUT2D eigenvalue weighted by atomic mass is 32.2. The number of hydrogen-bond donors (Lipinski definition) is 0. The average molecular weight is 411 g/mol. The van der Waals surface area contributed by atoms with E-state index in [4.69, 9.17) is 9.47 Å². The first-order chi connectivity index (χ1) is 13.2. The number of benzene rings is 2. The molecule has 0 amide bonds. The Hall–Kier alpha value is -2.36. The maximum Gasteiger partial charge on any atom is 0.343 e. The molecule has 9 heteroatoms. The molecule has 1 aliphatic heterocycles. The van der Waals surface area contributed by atoms with Gasteiger partial charge in [0.15, 0.2) is 11.6 Å². The van der Waals surface area contributed by atoms with Crippen LogP contribution in [0.1, 0.15) is 24.2 Å². The molecule has 1 fully saturated rings. The van der Waals surface area contributed by atoms with Crippen LogP contribution in [-0.4, -0.2) is 44.0 Å². The van der Waals surface area contributed by atoms with E-state index in [1.54, 1.807) is 13.8 Å². The number of ether oxygens (including phenoxy) is 2. The Morgan fingerprint density at radius 1 is 1.04 bits per heavy atom. The highest BCUT2D eigenvalue weighted by molar-refractivity contribution is 7.89. The summed E-state index contributed by atoms with van der Waals surface area (Å²) in [6.45, 7) is 4.09. The van der Waals surface area contributed by atoms with Gasteiger partial charge in [0, 0.05) is 19.2 Å². The Balaban J connectivity index is 1.75. The fourth-order valence-corrected chi connectivity index (χ4v) is 4.54. The number of hydrogen-bond acceptors (Lipinski definition) is 5. The van der Waals surface area contributed by atoms with Gasteiger partial charge in [0.05, 0.1) is 22.7 Å². The number of halogens is 2. The molecule has 1 heterocycles. The molecular formula is C19H19F2NO5S. The Bertz CT molecular complexity index is 968. The molecule has 2 aromatic carbocycles. The summed E-state index contributed by atoms with van der Waals surface area (Å²) >= 11 is 0. The van der Waals surface area contributed by atoms with Crippen LogP contribution in [0.5, 0.6) is 5.75 Å². The monoisotopic (exact) mass is 411 g/mol. The first-order valence-corrected chi connectivity index (χ1v) is 10.0. The van der Waals surface area contributed by atoms with Gasteiger partial charge in [0.1, 0.15) is 5.75 Å². The predicted octanol–water partition coefficient (Wildman–Crippen LogP) is 2.98. The second-order valence-corrected chi connectivity index (χ2v) is 8.51. The van der Waals surface area contributed by atoms with Crippen LogP contribution < -0.4 is 4.74 Å². The zero-order valence-electron chi connectivity index (χ0n) is 15.3. The maximum absolute atomic E-state index is 13.2. The summed E-state index contributed by atoms with van der Waals surface area (Å²) in [7, 11) is -3.73. The van der Waals surface area contributed by atoms with E-state index in [2.05, 4.69) is 0 Å². The number of rotatable bonds is 4. The van der Waals surface area contributed by atoms with Crippen molar-refractivity contribution in [2.24, 2.45) is 0 Å². The van der Waals surface area contributed by atoms with Gasteiger partial charge in [-0.1, -0.05) is 0 Å². The summed E-state index contributed by atoms with van der Waals surface area (Å²) in [4.78, 5) is 12.2. The molecule has 0 radical (unpaired) electrons. The quantitative estimate of drug-likeness (QED) is 0.571. The minimum Gasteiger partial charge on any atom is -0.423 e. The summed E-state index contributed by atoms with van der Waals surface area (Å²) in [6, 6.07) is 7.95. The van der Waals surface area contributed by atoms with Crippen LogP contribution in [0, 0.1) is 11.6 Å². The molecule has 0 bridgehead atoms. The molecule has 2 atom stereocenters. The highest BCUT2D eigenvalue weighted by Gasteiger charge is 2.32. The second kappa shape index (κ2) is 7.94. The van der Waals surface area contributed by atoms with Crippen LogP contribution in [0.3, 0.4) is 0 Å². The summed E-state index contributed by atoms with van der Waals surface area (Å²) in [6.07, 6.45) is -0.437. The van der Waals surface area contributed by atoms with Crippen molar-refractivity contribution < 1.29 is 31.5 Å². The summed E-state index contributed by atoms with van der Waals surface area (Å²) in [5.41, 5.74) is 0.0763. The van der Waals surface area contributed by atoms with E-state index in [1.807, 2.05) is 0 Å². The molecule has 1 aliphatic rings. The van der Waals surface area contributed by atoms with E-state index in [9.17, 15) is 22.0 Å². The Morgan fingerprint density at radius 2 is 1.64 bits per heavy atom. The molecule has 3 rings (SSSR count). The largest absolute Gasteiger partial charge is 0.423 e. The Kier molecular flexibility index (Phi) is 5.78. The number of morpholine rings is 1. The van der Waals surface area contributed by atoms with E-state index in [1.165, 1.54) is 28.6 Å². The van der Waals surface area contributed by atoms with Gasteiger partial charge in [-0.2, -0.15) is 4.31 Å². The topological polar surface area (TPSA) is 72.9 Å². The molecule has 28 heavy (non-hydrogen) atoms. The Morgan fingerprint density at radius 3 is 2.21 bits per heavy atom. The van der Waals surface area contributed by atoms with Gasteiger partial charge >= 0.3 is 5.97 Å². The highest BCUT2D eigenvalue weighted by Crippen LogP contribution is 2.22. The lowest BCUT2D eigenvalue weighted by atomic mass is 10.2. The first-order valence-electron chi connectivity index (χ1n) is 8.59. The fourth-order valence-electron chi connectivity index (χ4n) is 2.95. The van der Waals surface area contributed by atoms with Crippen molar-refractivity contribution in [3.8, 4) is 5.75 Å². The lowest BCUT2D eigenvalue weighted by Gasteiger charge is -2.34. The molecule has 0 aliphatic carbocycles. The van der Waals surface area contributed by atoms with Gasteiger partial charge in [0.2, 0.25) is 10.0 Å². The molecule has 0 aromatic heterocycles. The molecule has 0 spiro atoms. The van der Waals surface area contributed by atoms with Crippen LogP contribution >= 0.6 is 0 Å². The number of esters is 1. The molecule has 2 aromatic rings. The molecular weight excluding hydrogens is 392 g/mol. The molecule has 6 nitrogen and oxygen atoms in total. The first kappa shape index (κ1) is 20.4.